The summed E-state index contributed by atoms with van der Waals surface area (Å²) in [7, 11) is 0. The molecule has 2 unspecified atom stereocenters. The molecule has 0 radical (unpaired) electrons. The first kappa shape index (κ1) is 15.7. The van der Waals surface area contributed by atoms with E-state index in [0.29, 0.717) is 0 Å². The van der Waals surface area contributed by atoms with Crippen molar-refractivity contribution in [2.45, 2.75) is 42.4 Å². The molecule has 108 valence electrons. The summed E-state index contributed by atoms with van der Waals surface area (Å²) < 4.78 is 0. The maximum Gasteiger partial charge on any atom is 0.118 e. The Morgan fingerprint density at radius 1 is 1.06 bits per heavy atom. The highest BCUT2D eigenvalue weighted by molar-refractivity contribution is 5.05. The summed E-state index contributed by atoms with van der Waals surface area (Å²) >= 11 is 0. The highest BCUT2D eigenvalue weighted by Gasteiger charge is 2.51. The highest BCUT2D eigenvalue weighted by Crippen LogP contribution is 2.29. The lowest BCUT2D eigenvalue weighted by Crippen LogP contribution is -2.68. The molecule has 0 amide bonds. The van der Waals surface area contributed by atoms with Crippen LogP contribution in [0.1, 0.15) is 6.42 Å². The zero-order chi connectivity index (χ0) is 13.9. The van der Waals surface area contributed by atoms with E-state index >= 15 is 0 Å². The van der Waals surface area contributed by atoms with Crippen LogP contribution in [-0.4, -0.2) is 91.6 Å². The minimum Gasteiger partial charge on any atom is -0.395 e. The SMILES string of the molecule is OCC(CO)N[C@H]1CC(O)(CO)[C@@H](O)C(O)[C@@H]1O. The summed E-state index contributed by atoms with van der Waals surface area (Å²) in [6.07, 6.45) is -4.91. The average molecular weight is 267 g/mol. The molecule has 1 saturated carbocycles. The first-order valence-electron chi connectivity index (χ1n) is 5.74. The first-order chi connectivity index (χ1) is 8.39. The molecular formula is C10H21NO7. The van der Waals surface area contributed by atoms with Crippen molar-refractivity contribution in [1.82, 2.24) is 5.32 Å². The number of nitrogens with one attached hydrogen (secondary N) is 1. The molecule has 0 bridgehead atoms. The second kappa shape index (κ2) is 6.22. The fourth-order valence-electron chi connectivity index (χ4n) is 2.15. The third kappa shape index (κ3) is 2.98. The molecule has 1 rings (SSSR count). The van der Waals surface area contributed by atoms with E-state index in [9.17, 15) is 20.4 Å². The maximum absolute atomic E-state index is 9.93. The number of aliphatic hydroxyl groups excluding tert-OH is 6. The maximum atomic E-state index is 9.93. The van der Waals surface area contributed by atoms with Crippen LogP contribution in [0.5, 0.6) is 0 Å². The second-order valence-electron chi connectivity index (χ2n) is 4.73. The molecule has 18 heavy (non-hydrogen) atoms. The predicted octanol–water partition coefficient (Wildman–Crippen LogP) is -4.49. The molecule has 0 heterocycles. The molecule has 0 spiro atoms. The van der Waals surface area contributed by atoms with Crippen molar-refractivity contribution in [3.05, 3.63) is 0 Å². The van der Waals surface area contributed by atoms with Crippen LogP contribution in [-0.2, 0) is 0 Å². The standard InChI is InChI=1S/C10H21NO7/c12-2-5(3-13)11-6-1-10(18,4-14)9(17)8(16)7(6)15/h5-9,11-18H,1-4H2/t6-,7+,8?,9-,10?/m0/s1. The normalized spacial score (nSPS) is 41.3. The van der Waals surface area contributed by atoms with Gasteiger partial charge in [-0.3, -0.25) is 0 Å². The highest BCUT2D eigenvalue weighted by atomic mass is 16.4. The lowest BCUT2D eigenvalue weighted by Gasteiger charge is -2.46. The quantitative estimate of drug-likeness (QED) is 0.248. The number of hydrogen-bond acceptors (Lipinski definition) is 8. The van der Waals surface area contributed by atoms with Gasteiger partial charge in [0.25, 0.3) is 0 Å². The largest absolute Gasteiger partial charge is 0.395 e. The molecule has 0 aromatic rings. The number of rotatable bonds is 5. The second-order valence-corrected chi connectivity index (χ2v) is 4.73. The van der Waals surface area contributed by atoms with Crippen LogP contribution in [0.25, 0.3) is 0 Å². The molecule has 8 heteroatoms. The van der Waals surface area contributed by atoms with Crippen molar-refractivity contribution in [1.29, 1.82) is 0 Å². The smallest absolute Gasteiger partial charge is 0.118 e. The molecule has 1 aliphatic rings. The van der Waals surface area contributed by atoms with E-state index in [4.69, 9.17) is 15.3 Å². The van der Waals surface area contributed by atoms with Crippen LogP contribution in [0.2, 0.25) is 0 Å². The predicted molar refractivity (Wildman–Crippen MR) is 59.6 cm³/mol. The van der Waals surface area contributed by atoms with Crippen molar-refractivity contribution >= 4 is 0 Å². The summed E-state index contributed by atoms with van der Waals surface area (Å²) in [5, 5.41) is 68.4. The molecule has 8 N–H and O–H groups in total. The Bertz CT molecular complexity index is 263. The average Bonchev–Trinajstić information content (AvgIpc) is 2.39. The van der Waals surface area contributed by atoms with E-state index in [2.05, 4.69) is 5.32 Å². The van der Waals surface area contributed by atoms with Crippen molar-refractivity contribution in [2.75, 3.05) is 19.8 Å². The fraction of sp³-hybridized carbons (Fsp3) is 1.00. The molecule has 0 saturated heterocycles. The van der Waals surface area contributed by atoms with Crippen LogP contribution in [0.4, 0.5) is 0 Å². The lowest BCUT2D eigenvalue weighted by molar-refractivity contribution is -0.207. The van der Waals surface area contributed by atoms with Gasteiger partial charge >= 0.3 is 0 Å². The Labute approximate surface area is 104 Å². The number of hydrogen-bond donors (Lipinski definition) is 8. The minimum atomic E-state index is -1.94. The molecule has 0 aromatic heterocycles. The molecular weight excluding hydrogens is 246 g/mol. The van der Waals surface area contributed by atoms with Crippen molar-refractivity contribution in [3.8, 4) is 0 Å². The van der Waals surface area contributed by atoms with Crippen LogP contribution >= 0.6 is 0 Å². The van der Waals surface area contributed by atoms with Crippen molar-refractivity contribution < 1.29 is 35.7 Å². The zero-order valence-corrected chi connectivity index (χ0v) is 9.85. The summed E-state index contributed by atoms with van der Waals surface area (Å²) in [6.45, 7) is -1.56. The summed E-state index contributed by atoms with van der Waals surface area (Å²) in [5.74, 6) is 0. The summed E-state index contributed by atoms with van der Waals surface area (Å²) in [4.78, 5) is 0. The molecule has 1 fully saturated rings. The van der Waals surface area contributed by atoms with E-state index in [0.717, 1.165) is 0 Å². The summed E-state index contributed by atoms with van der Waals surface area (Å²) in [5.41, 5.74) is -1.94. The van der Waals surface area contributed by atoms with Gasteiger partial charge in [-0.1, -0.05) is 0 Å². The van der Waals surface area contributed by atoms with Gasteiger partial charge in [0.05, 0.1) is 32.0 Å². The van der Waals surface area contributed by atoms with Crippen LogP contribution < -0.4 is 5.32 Å². The Morgan fingerprint density at radius 3 is 2.06 bits per heavy atom. The third-order valence-electron chi connectivity index (χ3n) is 3.37. The van der Waals surface area contributed by atoms with Crippen LogP contribution in [0.3, 0.4) is 0 Å². The van der Waals surface area contributed by atoms with E-state index in [1.54, 1.807) is 0 Å². The Balaban J connectivity index is 2.79. The van der Waals surface area contributed by atoms with Gasteiger partial charge < -0.3 is 41.1 Å². The molecule has 0 aliphatic heterocycles. The fourth-order valence-corrected chi connectivity index (χ4v) is 2.15. The van der Waals surface area contributed by atoms with Gasteiger partial charge in [-0.05, 0) is 6.42 Å². The molecule has 8 nitrogen and oxygen atoms in total. The van der Waals surface area contributed by atoms with Gasteiger partial charge in [0.1, 0.15) is 17.8 Å². The van der Waals surface area contributed by atoms with E-state index in [1.807, 2.05) is 0 Å². The first-order valence-corrected chi connectivity index (χ1v) is 5.74. The number of aliphatic hydroxyl groups is 7. The Morgan fingerprint density at radius 2 is 1.61 bits per heavy atom. The van der Waals surface area contributed by atoms with Crippen molar-refractivity contribution in [3.63, 3.8) is 0 Å². The Kier molecular flexibility index (Phi) is 5.44. The third-order valence-corrected chi connectivity index (χ3v) is 3.37. The summed E-state index contributed by atoms with van der Waals surface area (Å²) in [6, 6.07) is -1.60. The van der Waals surface area contributed by atoms with Gasteiger partial charge in [0.15, 0.2) is 0 Å². The molecule has 5 atom stereocenters. The van der Waals surface area contributed by atoms with E-state index in [1.165, 1.54) is 0 Å². The molecule has 0 aromatic carbocycles. The lowest BCUT2D eigenvalue weighted by atomic mass is 9.76. The minimum absolute atomic E-state index is 0.223. The van der Waals surface area contributed by atoms with E-state index in [-0.39, 0.29) is 6.42 Å². The van der Waals surface area contributed by atoms with Gasteiger partial charge in [-0.2, -0.15) is 0 Å². The van der Waals surface area contributed by atoms with Crippen LogP contribution in [0, 0.1) is 0 Å². The van der Waals surface area contributed by atoms with Crippen molar-refractivity contribution in [2.24, 2.45) is 0 Å². The Hall–Kier alpha value is -0.320. The van der Waals surface area contributed by atoms with Crippen LogP contribution in [0.15, 0.2) is 0 Å². The van der Waals surface area contributed by atoms with E-state index < -0.39 is 55.8 Å². The van der Waals surface area contributed by atoms with Gasteiger partial charge in [0.2, 0.25) is 0 Å². The monoisotopic (exact) mass is 267 g/mol. The van der Waals surface area contributed by atoms with Gasteiger partial charge in [-0.15, -0.1) is 0 Å². The van der Waals surface area contributed by atoms with Gasteiger partial charge in [0, 0.05) is 6.04 Å². The zero-order valence-electron chi connectivity index (χ0n) is 9.85. The van der Waals surface area contributed by atoms with Gasteiger partial charge in [-0.25, -0.2) is 0 Å². The molecule has 1 aliphatic carbocycles. The topological polar surface area (TPSA) is 154 Å².